The van der Waals surface area contributed by atoms with E-state index in [0.717, 1.165) is 5.56 Å². The number of carbonyl (C=O) groups excluding carboxylic acids is 2. The summed E-state index contributed by atoms with van der Waals surface area (Å²) in [7, 11) is 0. The Hall–Kier alpha value is -2.70. The van der Waals surface area contributed by atoms with Gasteiger partial charge in [0.25, 0.3) is 5.91 Å². The minimum atomic E-state index is -0.491. The summed E-state index contributed by atoms with van der Waals surface area (Å²) in [6, 6.07) is 7.63. The maximum Gasteiger partial charge on any atom is 0.274 e. The van der Waals surface area contributed by atoms with Gasteiger partial charge in [0.2, 0.25) is 5.91 Å². The van der Waals surface area contributed by atoms with Crippen molar-refractivity contribution in [1.82, 2.24) is 25.2 Å². The van der Waals surface area contributed by atoms with E-state index in [1.54, 1.807) is 4.90 Å². The van der Waals surface area contributed by atoms with Gasteiger partial charge in [-0.1, -0.05) is 29.8 Å². The van der Waals surface area contributed by atoms with E-state index < -0.39 is 6.04 Å². The molecule has 0 radical (unpaired) electrons. The van der Waals surface area contributed by atoms with Gasteiger partial charge in [0.1, 0.15) is 6.04 Å². The van der Waals surface area contributed by atoms with Crippen LogP contribution in [0.3, 0.4) is 0 Å². The number of aromatic nitrogens is 3. The molecule has 1 aromatic carbocycles. The van der Waals surface area contributed by atoms with Crippen LogP contribution < -0.4 is 5.32 Å². The van der Waals surface area contributed by atoms with E-state index in [2.05, 4.69) is 15.5 Å². The predicted molar refractivity (Wildman–Crippen MR) is 88.2 cm³/mol. The van der Waals surface area contributed by atoms with Crippen LogP contribution in [-0.2, 0) is 17.9 Å². The fourth-order valence-electron chi connectivity index (χ4n) is 2.73. The second-order valence-electron chi connectivity index (χ2n) is 5.98. The quantitative estimate of drug-likeness (QED) is 0.893. The molecule has 7 nitrogen and oxygen atoms in total. The molecule has 0 bridgehead atoms. The number of nitrogens with one attached hydrogen (secondary N) is 1. The van der Waals surface area contributed by atoms with Gasteiger partial charge in [-0.05, 0) is 25.8 Å². The molecule has 1 aliphatic rings. The fraction of sp³-hybridized carbons (Fsp3) is 0.412. The Bertz CT molecular complexity index is 738. The third-order valence-corrected chi connectivity index (χ3v) is 4.15. The summed E-state index contributed by atoms with van der Waals surface area (Å²) in [6.07, 6.45) is 2.03. The number of benzene rings is 1. The van der Waals surface area contributed by atoms with Gasteiger partial charge in [0, 0.05) is 13.1 Å². The van der Waals surface area contributed by atoms with Gasteiger partial charge in [0.05, 0.1) is 12.7 Å². The predicted octanol–water partition coefficient (Wildman–Crippen LogP) is 1.14. The number of amides is 2. The molecule has 7 heteroatoms. The van der Waals surface area contributed by atoms with Gasteiger partial charge in [-0.2, -0.15) is 9.90 Å². The standard InChI is InChI=1S/C17H21N5O2/c1-3-22-18-10-15(20-22)16(23)19-14-8-9-21(17(14)24)11-13-6-4-12(2)5-7-13/h4-7,10,14H,3,8-9,11H2,1-2H3,(H,19,23). The molecule has 2 amide bonds. The molecule has 1 aromatic heterocycles. The Morgan fingerprint density at radius 3 is 2.75 bits per heavy atom. The van der Waals surface area contributed by atoms with Crippen molar-refractivity contribution >= 4 is 11.8 Å². The van der Waals surface area contributed by atoms with Crippen LogP contribution in [0.2, 0.25) is 0 Å². The second kappa shape index (κ2) is 6.82. The summed E-state index contributed by atoms with van der Waals surface area (Å²) >= 11 is 0. The van der Waals surface area contributed by atoms with Crippen LogP contribution >= 0.6 is 0 Å². The molecule has 0 saturated carbocycles. The molecular weight excluding hydrogens is 306 g/mol. The Morgan fingerprint density at radius 1 is 1.33 bits per heavy atom. The molecule has 126 valence electrons. The number of rotatable bonds is 5. The van der Waals surface area contributed by atoms with Crippen LogP contribution in [0.1, 0.15) is 35.0 Å². The lowest BCUT2D eigenvalue weighted by atomic mass is 10.1. The smallest absolute Gasteiger partial charge is 0.274 e. The molecule has 1 unspecified atom stereocenters. The number of nitrogens with zero attached hydrogens (tertiary/aromatic N) is 4. The van der Waals surface area contributed by atoms with Crippen molar-refractivity contribution in [2.75, 3.05) is 6.54 Å². The van der Waals surface area contributed by atoms with Crippen molar-refractivity contribution < 1.29 is 9.59 Å². The highest BCUT2D eigenvalue weighted by molar-refractivity contribution is 5.96. The molecule has 1 aliphatic heterocycles. The van der Waals surface area contributed by atoms with Crippen molar-refractivity contribution in [3.05, 3.63) is 47.3 Å². The summed E-state index contributed by atoms with van der Waals surface area (Å²) in [6.45, 7) is 5.73. The normalized spacial score (nSPS) is 17.3. The highest BCUT2D eigenvalue weighted by atomic mass is 16.2. The van der Waals surface area contributed by atoms with Crippen LogP contribution in [0.5, 0.6) is 0 Å². The monoisotopic (exact) mass is 327 g/mol. The van der Waals surface area contributed by atoms with Crippen LogP contribution in [0.25, 0.3) is 0 Å². The molecule has 0 aliphatic carbocycles. The van der Waals surface area contributed by atoms with Crippen molar-refractivity contribution in [1.29, 1.82) is 0 Å². The van der Waals surface area contributed by atoms with E-state index in [1.807, 2.05) is 38.1 Å². The van der Waals surface area contributed by atoms with Crippen LogP contribution in [0.4, 0.5) is 0 Å². The van der Waals surface area contributed by atoms with Crippen molar-refractivity contribution in [3.8, 4) is 0 Å². The molecule has 1 fully saturated rings. The average molecular weight is 327 g/mol. The molecule has 2 aromatic rings. The van der Waals surface area contributed by atoms with Gasteiger partial charge in [-0.3, -0.25) is 9.59 Å². The van der Waals surface area contributed by atoms with Gasteiger partial charge in [-0.15, -0.1) is 5.10 Å². The summed E-state index contributed by atoms with van der Waals surface area (Å²) < 4.78 is 0. The van der Waals surface area contributed by atoms with Gasteiger partial charge >= 0.3 is 0 Å². The Kier molecular flexibility index (Phi) is 4.59. The lowest BCUT2D eigenvalue weighted by Crippen LogP contribution is -2.41. The molecule has 2 heterocycles. The fourth-order valence-corrected chi connectivity index (χ4v) is 2.73. The zero-order valence-corrected chi connectivity index (χ0v) is 13.9. The maximum atomic E-state index is 12.5. The molecule has 1 atom stereocenters. The first-order valence-corrected chi connectivity index (χ1v) is 8.12. The number of carbonyl (C=O) groups is 2. The lowest BCUT2D eigenvalue weighted by Gasteiger charge is -2.17. The topological polar surface area (TPSA) is 80.1 Å². The molecule has 1 saturated heterocycles. The SMILES string of the molecule is CCn1ncc(C(=O)NC2CCN(Cc3ccc(C)cc3)C2=O)n1. The Balaban J connectivity index is 1.59. The van der Waals surface area contributed by atoms with Gasteiger partial charge in [0.15, 0.2) is 5.69 Å². The molecular formula is C17H21N5O2. The summed E-state index contributed by atoms with van der Waals surface area (Å²) in [4.78, 5) is 27.9. The average Bonchev–Trinajstić information content (AvgIpc) is 3.19. The second-order valence-corrected chi connectivity index (χ2v) is 5.98. The Labute approximate surface area is 140 Å². The van der Waals surface area contributed by atoms with Crippen molar-refractivity contribution in [3.63, 3.8) is 0 Å². The molecule has 24 heavy (non-hydrogen) atoms. The third kappa shape index (κ3) is 3.45. The highest BCUT2D eigenvalue weighted by Gasteiger charge is 2.33. The minimum absolute atomic E-state index is 0.0493. The Morgan fingerprint density at radius 2 is 2.08 bits per heavy atom. The summed E-state index contributed by atoms with van der Waals surface area (Å²) in [5.41, 5.74) is 2.52. The molecule has 0 spiro atoms. The minimum Gasteiger partial charge on any atom is -0.339 e. The summed E-state index contributed by atoms with van der Waals surface area (Å²) in [5, 5.41) is 10.8. The van der Waals surface area contributed by atoms with E-state index in [0.29, 0.717) is 26.1 Å². The van der Waals surface area contributed by atoms with Crippen LogP contribution in [0, 0.1) is 6.92 Å². The number of hydrogen-bond acceptors (Lipinski definition) is 4. The van der Waals surface area contributed by atoms with E-state index in [9.17, 15) is 9.59 Å². The number of hydrogen-bond donors (Lipinski definition) is 1. The summed E-state index contributed by atoms with van der Waals surface area (Å²) in [5.74, 6) is -0.406. The largest absolute Gasteiger partial charge is 0.339 e. The van der Waals surface area contributed by atoms with Crippen molar-refractivity contribution in [2.45, 2.75) is 39.4 Å². The molecule has 3 rings (SSSR count). The lowest BCUT2D eigenvalue weighted by molar-refractivity contribution is -0.129. The first-order valence-electron chi connectivity index (χ1n) is 8.12. The first kappa shape index (κ1) is 16.2. The first-order chi connectivity index (χ1) is 11.6. The van der Waals surface area contributed by atoms with Gasteiger partial charge < -0.3 is 10.2 Å². The van der Waals surface area contributed by atoms with E-state index in [1.165, 1.54) is 16.6 Å². The third-order valence-electron chi connectivity index (χ3n) is 4.15. The van der Waals surface area contributed by atoms with E-state index >= 15 is 0 Å². The highest BCUT2D eigenvalue weighted by Crippen LogP contribution is 2.16. The van der Waals surface area contributed by atoms with Crippen molar-refractivity contribution in [2.24, 2.45) is 0 Å². The maximum absolute atomic E-state index is 12.5. The van der Waals surface area contributed by atoms with E-state index in [-0.39, 0.29) is 17.5 Å². The van der Waals surface area contributed by atoms with Gasteiger partial charge in [-0.25, -0.2) is 0 Å². The molecule has 1 N–H and O–H groups in total. The number of likely N-dealkylation sites (tertiary alicyclic amines) is 1. The number of aryl methyl sites for hydroxylation is 2. The zero-order chi connectivity index (χ0) is 17.1. The van der Waals surface area contributed by atoms with E-state index in [4.69, 9.17) is 0 Å². The van der Waals surface area contributed by atoms with Crippen LogP contribution in [0.15, 0.2) is 30.5 Å². The zero-order valence-electron chi connectivity index (χ0n) is 13.9. The van der Waals surface area contributed by atoms with Crippen LogP contribution in [-0.4, -0.2) is 44.3 Å².